The van der Waals surface area contributed by atoms with Gasteiger partial charge in [-0.1, -0.05) is 6.58 Å². The Labute approximate surface area is 109 Å². The highest BCUT2D eigenvalue weighted by atomic mass is 35.5. The lowest BCUT2D eigenvalue weighted by molar-refractivity contribution is -0.0447. The summed E-state index contributed by atoms with van der Waals surface area (Å²) in [5.74, 6) is 0. The number of nitrogens with one attached hydrogen (secondary N) is 1. The summed E-state index contributed by atoms with van der Waals surface area (Å²) < 4.78 is 58.6. The second kappa shape index (κ2) is 6.30. The van der Waals surface area contributed by atoms with E-state index in [0.29, 0.717) is 6.67 Å². The SMILES string of the molecule is C=CN1C=CN(CCNS(=O)(=O)C(F)(F)F)C1.Cl. The number of hydrogen-bond donors (Lipinski definition) is 1. The van der Waals surface area contributed by atoms with Gasteiger partial charge in [0.25, 0.3) is 0 Å². The van der Waals surface area contributed by atoms with Gasteiger partial charge in [-0.05, 0) is 6.20 Å². The molecule has 0 fully saturated rings. The van der Waals surface area contributed by atoms with Crippen LogP contribution in [0.3, 0.4) is 0 Å². The van der Waals surface area contributed by atoms with Gasteiger partial charge in [0.15, 0.2) is 0 Å². The molecular formula is C8H13ClF3N3O2S. The zero-order valence-corrected chi connectivity index (χ0v) is 10.9. The molecule has 1 aliphatic rings. The molecule has 5 nitrogen and oxygen atoms in total. The molecule has 0 bridgehead atoms. The summed E-state index contributed by atoms with van der Waals surface area (Å²) in [4.78, 5) is 3.36. The summed E-state index contributed by atoms with van der Waals surface area (Å²) in [6, 6.07) is 0. The first-order valence-corrected chi connectivity index (χ1v) is 6.11. The van der Waals surface area contributed by atoms with Gasteiger partial charge in [0.05, 0.1) is 6.67 Å². The topological polar surface area (TPSA) is 52.6 Å². The molecule has 1 aliphatic heterocycles. The summed E-state index contributed by atoms with van der Waals surface area (Å²) in [5.41, 5.74) is -5.26. The fourth-order valence-electron chi connectivity index (χ4n) is 1.15. The van der Waals surface area contributed by atoms with Crippen LogP contribution in [0, 0.1) is 0 Å². The van der Waals surface area contributed by atoms with Crippen molar-refractivity contribution in [2.75, 3.05) is 19.8 Å². The van der Waals surface area contributed by atoms with Crippen molar-refractivity contribution in [1.82, 2.24) is 14.5 Å². The molecule has 18 heavy (non-hydrogen) atoms. The van der Waals surface area contributed by atoms with E-state index < -0.39 is 15.5 Å². The minimum Gasteiger partial charge on any atom is -0.357 e. The van der Waals surface area contributed by atoms with Gasteiger partial charge in [0, 0.05) is 25.5 Å². The van der Waals surface area contributed by atoms with Crippen molar-refractivity contribution in [3.8, 4) is 0 Å². The summed E-state index contributed by atoms with van der Waals surface area (Å²) in [5, 5.41) is 0. The first kappa shape index (κ1) is 17.1. The van der Waals surface area contributed by atoms with E-state index in [1.54, 1.807) is 28.4 Å². The second-order valence-corrected chi connectivity index (χ2v) is 5.05. The number of hydrogen-bond acceptors (Lipinski definition) is 4. The van der Waals surface area contributed by atoms with Crippen molar-refractivity contribution in [2.45, 2.75) is 5.51 Å². The molecule has 0 aromatic carbocycles. The summed E-state index contributed by atoms with van der Waals surface area (Å²) in [7, 11) is -5.24. The van der Waals surface area contributed by atoms with E-state index in [1.807, 2.05) is 0 Å². The van der Waals surface area contributed by atoms with Gasteiger partial charge in [0.1, 0.15) is 0 Å². The van der Waals surface area contributed by atoms with Crippen LogP contribution in [0.15, 0.2) is 25.2 Å². The molecular weight excluding hydrogens is 295 g/mol. The molecule has 0 spiro atoms. The van der Waals surface area contributed by atoms with Crippen LogP contribution in [0.4, 0.5) is 13.2 Å². The Kier molecular flexibility index (Phi) is 5.97. The van der Waals surface area contributed by atoms with Gasteiger partial charge in [-0.25, -0.2) is 13.1 Å². The Bertz CT molecular complexity index is 410. The van der Waals surface area contributed by atoms with E-state index in [1.165, 1.54) is 4.72 Å². The highest BCUT2D eigenvalue weighted by Crippen LogP contribution is 2.21. The summed E-state index contributed by atoms with van der Waals surface area (Å²) >= 11 is 0. The summed E-state index contributed by atoms with van der Waals surface area (Å²) in [6.45, 7) is 3.80. The molecule has 1 heterocycles. The molecule has 0 saturated carbocycles. The quantitative estimate of drug-likeness (QED) is 0.824. The van der Waals surface area contributed by atoms with Crippen LogP contribution in [0.5, 0.6) is 0 Å². The monoisotopic (exact) mass is 307 g/mol. The maximum atomic E-state index is 12.0. The lowest BCUT2D eigenvalue weighted by Crippen LogP contribution is -2.40. The third-order valence-electron chi connectivity index (χ3n) is 2.04. The lowest BCUT2D eigenvalue weighted by Gasteiger charge is -2.18. The smallest absolute Gasteiger partial charge is 0.357 e. The zero-order chi connectivity index (χ0) is 13.1. The first-order chi connectivity index (χ1) is 7.76. The molecule has 0 aromatic rings. The Balaban J connectivity index is 0.00000289. The van der Waals surface area contributed by atoms with Gasteiger partial charge in [-0.3, -0.25) is 0 Å². The number of sulfonamides is 1. The maximum absolute atomic E-state index is 12.0. The number of alkyl halides is 3. The first-order valence-electron chi connectivity index (χ1n) is 4.63. The van der Waals surface area contributed by atoms with E-state index in [0.717, 1.165) is 0 Å². The third kappa shape index (κ3) is 4.39. The van der Waals surface area contributed by atoms with Crippen LogP contribution in [0.25, 0.3) is 0 Å². The molecule has 1 N–H and O–H groups in total. The van der Waals surface area contributed by atoms with Crippen molar-refractivity contribution in [3.05, 3.63) is 25.2 Å². The highest BCUT2D eigenvalue weighted by molar-refractivity contribution is 7.90. The Hall–Kier alpha value is -0.930. The lowest BCUT2D eigenvalue weighted by atomic mass is 10.6. The van der Waals surface area contributed by atoms with Gasteiger partial charge in [-0.2, -0.15) is 13.2 Å². The predicted octanol–water partition coefficient (Wildman–Crippen LogP) is 1.04. The Morgan fingerprint density at radius 1 is 1.39 bits per heavy atom. The largest absolute Gasteiger partial charge is 0.511 e. The fraction of sp³-hybridized carbons (Fsp3) is 0.500. The van der Waals surface area contributed by atoms with Crippen molar-refractivity contribution in [3.63, 3.8) is 0 Å². The summed E-state index contributed by atoms with van der Waals surface area (Å²) in [6.07, 6.45) is 4.88. The molecule has 1 rings (SSSR count). The average molecular weight is 308 g/mol. The molecule has 10 heteroatoms. The molecule has 106 valence electrons. The maximum Gasteiger partial charge on any atom is 0.511 e. The van der Waals surface area contributed by atoms with E-state index in [9.17, 15) is 21.6 Å². The van der Waals surface area contributed by atoms with Crippen LogP contribution < -0.4 is 4.72 Å². The molecule has 0 saturated heterocycles. The number of rotatable bonds is 5. The zero-order valence-electron chi connectivity index (χ0n) is 9.22. The average Bonchev–Trinajstić information content (AvgIpc) is 2.63. The van der Waals surface area contributed by atoms with Crippen molar-refractivity contribution < 1.29 is 21.6 Å². The minimum absolute atomic E-state index is 0. The normalized spacial score (nSPS) is 15.7. The van der Waals surface area contributed by atoms with Crippen LogP contribution in [-0.2, 0) is 10.0 Å². The van der Waals surface area contributed by atoms with Crippen molar-refractivity contribution in [2.24, 2.45) is 0 Å². The van der Waals surface area contributed by atoms with Gasteiger partial charge < -0.3 is 9.80 Å². The molecule has 0 radical (unpaired) electrons. The van der Waals surface area contributed by atoms with E-state index in [2.05, 4.69) is 6.58 Å². The van der Waals surface area contributed by atoms with E-state index >= 15 is 0 Å². The Morgan fingerprint density at radius 2 is 2.00 bits per heavy atom. The van der Waals surface area contributed by atoms with Crippen molar-refractivity contribution in [1.29, 1.82) is 0 Å². The molecule has 0 aromatic heterocycles. The van der Waals surface area contributed by atoms with E-state index in [4.69, 9.17) is 0 Å². The van der Waals surface area contributed by atoms with Crippen LogP contribution >= 0.6 is 12.4 Å². The Morgan fingerprint density at radius 3 is 2.44 bits per heavy atom. The predicted molar refractivity (Wildman–Crippen MR) is 63.0 cm³/mol. The van der Waals surface area contributed by atoms with Gasteiger partial charge in [0.2, 0.25) is 0 Å². The minimum atomic E-state index is -5.26. The van der Waals surface area contributed by atoms with Gasteiger partial charge in [-0.15, -0.1) is 12.4 Å². The third-order valence-corrected chi connectivity index (χ3v) is 3.24. The van der Waals surface area contributed by atoms with E-state index in [-0.39, 0.29) is 25.5 Å². The molecule has 0 atom stereocenters. The molecule has 0 aliphatic carbocycles. The van der Waals surface area contributed by atoms with Crippen LogP contribution in [0.2, 0.25) is 0 Å². The van der Waals surface area contributed by atoms with Crippen molar-refractivity contribution >= 4 is 22.4 Å². The standard InChI is InChI=1S/C8H12F3N3O2S.ClH/c1-2-13-5-6-14(7-13)4-3-12-17(15,16)8(9,10)11;/h2,5-6,12H,1,3-4,7H2;1H. The molecule has 0 unspecified atom stereocenters. The number of halogens is 4. The number of nitrogens with zero attached hydrogens (tertiary/aromatic N) is 2. The van der Waals surface area contributed by atoms with Gasteiger partial charge >= 0.3 is 15.5 Å². The van der Waals surface area contributed by atoms with Crippen LogP contribution in [-0.4, -0.2) is 43.5 Å². The van der Waals surface area contributed by atoms with Crippen LogP contribution in [0.1, 0.15) is 0 Å². The second-order valence-electron chi connectivity index (χ2n) is 3.29. The fourth-order valence-corrected chi connectivity index (χ4v) is 1.68. The molecule has 0 amide bonds. The highest BCUT2D eigenvalue weighted by Gasteiger charge is 2.45.